The highest BCUT2D eigenvalue weighted by Crippen LogP contribution is 2.35. The molecule has 1 aliphatic carbocycles. The molecule has 0 bridgehead atoms. The van der Waals surface area contributed by atoms with Crippen LogP contribution in [0.25, 0.3) is 0 Å². The molecule has 1 aliphatic heterocycles. The van der Waals surface area contributed by atoms with Crippen LogP contribution in [0.5, 0.6) is 0 Å². The third kappa shape index (κ3) is 5.07. The molecule has 8 heteroatoms. The number of hydrogen-bond acceptors (Lipinski definition) is 4. The van der Waals surface area contributed by atoms with Crippen LogP contribution >= 0.6 is 0 Å². The Hall–Kier alpha value is -1.93. The van der Waals surface area contributed by atoms with E-state index < -0.39 is 10.0 Å². The summed E-state index contributed by atoms with van der Waals surface area (Å²) in [6.07, 6.45) is 5.22. The summed E-state index contributed by atoms with van der Waals surface area (Å²) >= 11 is 0. The molecule has 3 atom stereocenters. The minimum atomic E-state index is -3.78. The number of rotatable bonds is 5. The van der Waals surface area contributed by atoms with Crippen LogP contribution in [0.2, 0.25) is 0 Å². The Kier molecular flexibility index (Phi) is 6.16. The number of sulfonamides is 1. The van der Waals surface area contributed by atoms with Gasteiger partial charge in [-0.1, -0.05) is 19.8 Å². The van der Waals surface area contributed by atoms with Crippen molar-refractivity contribution < 1.29 is 17.9 Å². The van der Waals surface area contributed by atoms with Gasteiger partial charge < -0.3 is 15.0 Å². The number of carbonyl (C=O) groups excluding carboxylic acids is 1. The van der Waals surface area contributed by atoms with Crippen LogP contribution < -0.4 is 5.32 Å². The Balaban J connectivity index is 1.64. The van der Waals surface area contributed by atoms with Gasteiger partial charge in [0, 0.05) is 25.7 Å². The van der Waals surface area contributed by atoms with Crippen LogP contribution in [0.15, 0.2) is 33.6 Å². The predicted octanol–water partition coefficient (Wildman–Crippen LogP) is 2.50. The zero-order chi connectivity index (χ0) is 19.4. The molecule has 148 valence electrons. The summed E-state index contributed by atoms with van der Waals surface area (Å²) in [4.78, 5) is 13.1. The molecule has 1 aromatic rings. The van der Waals surface area contributed by atoms with E-state index in [4.69, 9.17) is 4.74 Å². The van der Waals surface area contributed by atoms with Gasteiger partial charge in [-0.15, -0.1) is 4.40 Å². The molecule has 1 saturated carbocycles. The Bertz CT molecular complexity index is 792. The second-order valence-electron chi connectivity index (χ2n) is 7.38. The maximum Gasteiger partial charge on any atom is 0.283 e. The average molecular weight is 394 g/mol. The molecule has 0 aromatic heterocycles. The smallest absolute Gasteiger partial charge is 0.283 e. The van der Waals surface area contributed by atoms with Crippen molar-refractivity contribution in [3.63, 3.8) is 0 Å². The van der Waals surface area contributed by atoms with E-state index in [2.05, 4.69) is 16.6 Å². The highest BCUT2D eigenvalue weighted by molar-refractivity contribution is 7.90. The van der Waals surface area contributed by atoms with Gasteiger partial charge in [-0.3, -0.25) is 4.79 Å². The monoisotopic (exact) mass is 393 g/mol. The third-order valence-corrected chi connectivity index (χ3v) is 6.59. The quantitative estimate of drug-likeness (QED) is 0.613. The molecule has 2 fully saturated rings. The van der Waals surface area contributed by atoms with Crippen molar-refractivity contribution in [3.8, 4) is 0 Å². The summed E-state index contributed by atoms with van der Waals surface area (Å²) in [7, 11) is -3.78. The lowest BCUT2D eigenvalue weighted by Gasteiger charge is -2.36. The lowest BCUT2D eigenvalue weighted by molar-refractivity contribution is -0.114. The molecule has 1 amide bonds. The molecule has 7 nitrogen and oxygen atoms in total. The summed E-state index contributed by atoms with van der Waals surface area (Å²) in [5, 5.41) is 2.61. The first-order chi connectivity index (χ1) is 12.8. The first-order valence-corrected chi connectivity index (χ1v) is 10.8. The van der Waals surface area contributed by atoms with Crippen LogP contribution in [0.4, 0.5) is 5.69 Å². The van der Waals surface area contributed by atoms with E-state index in [0.29, 0.717) is 37.2 Å². The highest BCUT2D eigenvalue weighted by atomic mass is 32.2. The third-order valence-electron chi connectivity index (χ3n) is 5.35. The standard InChI is InChI=1S/C19H27N3O4S/c1-14-4-3-5-18(14)19-12-22(10-11-26-19)13-20-27(24,25)17-8-6-16(7-9-17)21-15(2)23/h6-9,13-14,18-19H,3-5,10-12H2,1-2H3,(H,21,23)/b20-13+. The molecule has 0 spiro atoms. The van der Waals surface area contributed by atoms with Gasteiger partial charge in [-0.25, -0.2) is 0 Å². The number of amides is 1. The van der Waals surface area contributed by atoms with Gasteiger partial charge in [0.25, 0.3) is 10.0 Å². The van der Waals surface area contributed by atoms with E-state index in [1.807, 2.05) is 4.90 Å². The lowest BCUT2D eigenvalue weighted by atomic mass is 9.91. The largest absolute Gasteiger partial charge is 0.374 e. The van der Waals surface area contributed by atoms with E-state index in [1.54, 1.807) is 12.1 Å². The zero-order valence-corrected chi connectivity index (χ0v) is 16.6. The van der Waals surface area contributed by atoms with Gasteiger partial charge in [0.15, 0.2) is 0 Å². The first kappa shape index (κ1) is 19.8. The highest BCUT2D eigenvalue weighted by Gasteiger charge is 2.34. The van der Waals surface area contributed by atoms with E-state index in [9.17, 15) is 13.2 Å². The van der Waals surface area contributed by atoms with Crippen molar-refractivity contribution in [1.82, 2.24) is 4.90 Å². The molecule has 0 radical (unpaired) electrons. The van der Waals surface area contributed by atoms with E-state index in [1.165, 1.54) is 44.7 Å². The van der Waals surface area contributed by atoms with Gasteiger partial charge >= 0.3 is 0 Å². The molecular formula is C19H27N3O4S. The molecule has 1 heterocycles. The van der Waals surface area contributed by atoms with Crippen molar-refractivity contribution >= 4 is 28.0 Å². The molecule has 3 rings (SSSR count). The van der Waals surface area contributed by atoms with Crippen molar-refractivity contribution in [2.45, 2.75) is 44.1 Å². The van der Waals surface area contributed by atoms with Crippen molar-refractivity contribution in [1.29, 1.82) is 0 Å². The average Bonchev–Trinajstić information content (AvgIpc) is 3.06. The molecule has 1 saturated heterocycles. The number of hydrogen-bond donors (Lipinski definition) is 1. The number of ether oxygens (including phenoxy) is 1. The molecule has 2 aliphatic rings. The maximum absolute atomic E-state index is 12.5. The van der Waals surface area contributed by atoms with Gasteiger partial charge in [-0.05, 0) is 42.5 Å². The van der Waals surface area contributed by atoms with Gasteiger partial charge in [0.05, 0.1) is 17.6 Å². The Morgan fingerprint density at radius 2 is 2.04 bits per heavy atom. The van der Waals surface area contributed by atoms with Crippen LogP contribution in [0.3, 0.4) is 0 Å². The fourth-order valence-electron chi connectivity index (χ4n) is 3.89. The number of benzene rings is 1. The summed E-state index contributed by atoms with van der Waals surface area (Å²) in [5.74, 6) is 0.985. The minimum Gasteiger partial charge on any atom is -0.374 e. The molecule has 1 N–H and O–H groups in total. The number of anilines is 1. The Morgan fingerprint density at radius 3 is 2.67 bits per heavy atom. The fourth-order valence-corrected chi connectivity index (χ4v) is 4.75. The Labute approximate surface area is 160 Å². The summed E-state index contributed by atoms with van der Waals surface area (Å²) in [6.45, 7) is 5.57. The van der Waals surface area contributed by atoms with Crippen molar-refractivity contribution in [3.05, 3.63) is 24.3 Å². The van der Waals surface area contributed by atoms with Crippen molar-refractivity contribution in [2.24, 2.45) is 16.2 Å². The number of carbonyl (C=O) groups is 1. The number of nitrogens with one attached hydrogen (secondary N) is 1. The minimum absolute atomic E-state index is 0.0991. The summed E-state index contributed by atoms with van der Waals surface area (Å²) in [5.41, 5.74) is 0.548. The predicted molar refractivity (Wildman–Crippen MR) is 104 cm³/mol. The normalized spacial score (nSPS) is 26.4. The number of nitrogens with zero attached hydrogens (tertiary/aromatic N) is 2. The number of morpholine rings is 1. The SMILES string of the molecule is CC(=O)Nc1ccc(S(=O)(=O)/N=C/N2CCOC(C3CCCC3C)C2)cc1. The fraction of sp³-hybridized carbons (Fsp3) is 0.579. The van der Waals surface area contributed by atoms with Crippen LogP contribution in [0, 0.1) is 11.8 Å². The molecular weight excluding hydrogens is 366 g/mol. The van der Waals surface area contributed by atoms with E-state index >= 15 is 0 Å². The van der Waals surface area contributed by atoms with Crippen LogP contribution in [0.1, 0.15) is 33.1 Å². The molecule has 27 heavy (non-hydrogen) atoms. The summed E-state index contributed by atoms with van der Waals surface area (Å²) < 4.78 is 34.7. The lowest BCUT2D eigenvalue weighted by Crippen LogP contribution is -2.45. The first-order valence-electron chi connectivity index (χ1n) is 9.39. The zero-order valence-electron chi connectivity index (χ0n) is 15.8. The van der Waals surface area contributed by atoms with Gasteiger partial charge in [0.1, 0.15) is 6.34 Å². The second-order valence-corrected chi connectivity index (χ2v) is 9.01. The van der Waals surface area contributed by atoms with E-state index in [0.717, 1.165) is 0 Å². The summed E-state index contributed by atoms with van der Waals surface area (Å²) in [6, 6.07) is 5.99. The van der Waals surface area contributed by atoms with Crippen LogP contribution in [-0.4, -0.2) is 51.4 Å². The van der Waals surface area contributed by atoms with Gasteiger partial charge in [-0.2, -0.15) is 8.42 Å². The van der Waals surface area contributed by atoms with E-state index in [-0.39, 0.29) is 16.9 Å². The van der Waals surface area contributed by atoms with Crippen LogP contribution in [-0.2, 0) is 19.6 Å². The maximum atomic E-state index is 12.5. The molecule has 1 aromatic carbocycles. The topological polar surface area (TPSA) is 88.1 Å². The Morgan fingerprint density at radius 1 is 1.30 bits per heavy atom. The van der Waals surface area contributed by atoms with Crippen molar-refractivity contribution in [2.75, 3.05) is 25.0 Å². The van der Waals surface area contributed by atoms with Gasteiger partial charge in [0.2, 0.25) is 5.91 Å². The second kappa shape index (κ2) is 8.39. The molecule has 3 unspecified atom stereocenters.